The van der Waals surface area contributed by atoms with Gasteiger partial charge in [0.05, 0.1) is 12.8 Å². The van der Waals surface area contributed by atoms with Crippen molar-refractivity contribution in [3.05, 3.63) is 59.7 Å². The second-order valence-corrected chi connectivity index (χ2v) is 6.98. The van der Waals surface area contributed by atoms with E-state index in [0.29, 0.717) is 6.54 Å². The molecule has 5 heteroatoms. The maximum atomic E-state index is 10.9. The summed E-state index contributed by atoms with van der Waals surface area (Å²) in [6.45, 7) is 7.33. The average Bonchev–Trinajstić information content (AvgIpc) is 2.70. The van der Waals surface area contributed by atoms with Crippen LogP contribution >= 0.6 is 0 Å². The van der Waals surface area contributed by atoms with Gasteiger partial charge in [-0.3, -0.25) is 9.69 Å². The van der Waals surface area contributed by atoms with Crippen LogP contribution in [0.4, 0.5) is 5.69 Å². The molecule has 1 amide bonds. The molecule has 144 valence electrons. The molecular formula is C22H29N3O2. The zero-order chi connectivity index (χ0) is 19.1. The average molecular weight is 367 g/mol. The molecule has 0 spiro atoms. The van der Waals surface area contributed by atoms with Crippen molar-refractivity contribution < 1.29 is 9.53 Å². The lowest BCUT2D eigenvalue weighted by Crippen LogP contribution is -2.46. The predicted molar refractivity (Wildman–Crippen MR) is 109 cm³/mol. The van der Waals surface area contributed by atoms with Crippen LogP contribution in [0, 0.1) is 0 Å². The van der Waals surface area contributed by atoms with Gasteiger partial charge in [-0.1, -0.05) is 36.4 Å². The van der Waals surface area contributed by atoms with E-state index in [4.69, 9.17) is 4.74 Å². The zero-order valence-corrected chi connectivity index (χ0v) is 16.3. The maximum Gasteiger partial charge on any atom is 0.216 e. The van der Waals surface area contributed by atoms with E-state index < -0.39 is 0 Å². The van der Waals surface area contributed by atoms with Gasteiger partial charge in [0, 0.05) is 46.2 Å². The highest BCUT2D eigenvalue weighted by Crippen LogP contribution is 2.28. The first kappa shape index (κ1) is 19.2. The topological polar surface area (TPSA) is 44.8 Å². The number of anilines is 1. The van der Waals surface area contributed by atoms with Crippen LogP contribution in [0.2, 0.25) is 0 Å². The first-order chi connectivity index (χ1) is 13.2. The minimum Gasteiger partial charge on any atom is -0.495 e. The number of nitrogens with one attached hydrogen (secondary N) is 1. The molecule has 0 saturated carbocycles. The van der Waals surface area contributed by atoms with E-state index in [1.54, 1.807) is 14.0 Å². The molecule has 0 bridgehead atoms. The number of piperazine rings is 1. The number of hydrogen-bond acceptors (Lipinski definition) is 4. The molecule has 2 aromatic carbocycles. The summed E-state index contributed by atoms with van der Waals surface area (Å²) in [7, 11) is 1.73. The summed E-state index contributed by atoms with van der Waals surface area (Å²) in [6.07, 6.45) is 0.872. The predicted octanol–water partition coefficient (Wildman–Crippen LogP) is 2.70. The highest BCUT2D eigenvalue weighted by molar-refractivity contribution is 5.72. The van der Waals surface area contributed by atoms with E-state index in [1.165, 1.54) is 16.8 Å². The van der Waals surface area contributed by atoms with Crippen molar-refractivity contribution in [2.24, 2.45) is 0 Å². The van der Waals surface area contributed by atoms with Gasteiger partial charge in [0.2, 0.25) is 5.91 Å². The van der Waals surface area contributed by atoms with E-state index in [-0.39, 0.29) is 5.91 Å². The number of hydrogen-bond donors (Lipinski definition) is 1. The van der Waals surface area contributed by atoms with Crippen LogP contribution in [-0.2, 0) is 17.8 Å². The van der Waals surface area contributed by atoms with Crippen molar-refractivity contribution >= 4 is 11.6 Å². The fraction of sp³-hybridized carbons (Fsp3) is 0.409. The molecule has 27 heavy (non-hydrogen) atoms. The molecule has 2 aromatic rings. The molecule has 1 N–H and O–H groups in total. The van der Waals surface area contributed by atoms with Crippen molar-refractivity contribution in [2.75, 3.05) is 44.7 Å². The fourth-order valence-corrected chi connectivity index (χ4v) is 3.49. The molecular weight excluding hydrogens is 338 g/mol. The van der Waals surface area contributed by atoms with Gasteiger partial charge in [-0.05, 0) is 29.7 Å². The Balaban J connectivity index is 1.48. The first-order valence-electron chi connectivity index (χ1n) is 9.58. The molecule has 0 unspecified atom stereocenters. The molecule has 1 heterocycles. The Kier molecular flexibility index (Phi) is 6.71. The minimum absolute atomic E-state index is 0.0267. The maximum absolute atomic E-state index is 10.9. The quantitative estimate of drug-likeness (QED) is 0.817. The largest absolute Gasteiger partial charge is 0.495 e. The summed E-state index contributed by atoms with van der Waals surface area (Å²) in [5.74, 6) is 0.972. The van der Waals surface area contributed by atoms with Gasteiger partial charge < -0.3 is 15.0 Å². The van der Waals surface area contributed by atoms with Gasteiger partial charge in [0.1, 0.15) is 5.75 Å². The monoisotopic (exact) mass is 367 g/mol. The van der Waals surface area contributed by atoms with Crippen LogP contribution in [0.3, 0.4) is 0 Å². The summed E-state index contributed by atoms with van der Waals surface area (Å²) < 4.78 is 5.49. The number of ether oxygens (including phenoxy) is 1. The smallest absolute Gasteiger partial charge is 0.216 e. The van der Waals surface area contributed by atoms with Crippen molar-refractivity contribution in [1.29, 1.82) is 0 Å². The third-order valence-electron chi connectivity index (χ3n) is 5.01. The summed E-state index contributed by atoms with van der Waals surface area (Å²) in [4.78, 5) is 15.8. The van der Waals surface area contributed by atoms with E-state index in [2.05, 4.69) is 51.5 Å². The van der Waals surface area contributed by atoms with Gasteiger partial charge in [0.15, 0.2) is 0 Å². The molecule has 0 radical (unpaired) electrons. The molecule has 1 saturated heterocycles. The Morgan fingerprint density at radius 1 is 1.00 bits per heavy atom. The third kappa shape index (κ3) is 5.47. The van der Waals surface area contributed by atoms with Gasteiger partial charge in [-0.25, -0.2) is 0 Å². The fourth-order valence-electron chi connectivity index (χ4n) is 3.49. The summed E-state index contributed by atoms with van der Waals surface area (Å²) in [5, 5.41) is 2.84. The van der Waals surface area contributed by atoms with E-state index >= 15 is 0 Å². The normalized spacial score (nSPS) is 14.8. The SMILES string of the molecule is COc1ccccc1N1CCN(Cc2ccc(CCNC(C)=O)cc2)CC1. The number of amides is 1. The molecule has 1 aliphatic heterocycles. The van der Waals surface area contributed by atoms with Crippen LogP contribution in [0.5, 0.6) is 5.75 Å². The summed E-state index contributed by atoms with van der Waals surface area (Å²) in [6, 6.07) is 17.0. The number of para-hydroxylation sites is 2. The number of benzene rings is 2. The number of rotatable bonds is 7. The Bertz CT molecular complexity index is 737. The van der Waals surface area contributed by atoms with Gasteiger partial charge in [-0.15, -0.1) is 0 Å². The van der Waals surface area contributed by atoms with E-state index in [0.717, 1.165) is 44.9 Å². The van der Waals surface area contributed by atoms with E-state index in [1.807, 2.05) is 12.1 Å². The second-order valence-electron chi connectivity index (χ2n) is 6.98. The van der Waals surface area contributed by atoms with Crippen molar-refractivity contribution in [3.8, 4) is 5.75 Å². The lowest BCUT2D eigenvalue weighted by molar-refractivity contribution is -0.118. The van der Waals surface area contributed by atoms with Crippen LogP contribution in [0.25, 0.3) is 0 Å². The van der Waals surface area contributed by atoms with Gasteiger partial charge in [-0.2, -0.15) is 0 Å². The lowest BCUT2D eigenvalue weighted by atomic mass is 10.1. The highest BCUT2D eigenvalue weighted by Gasteiger charge is 2.19. The Labute approximate surface area is 161 Å². The standard InChI is InChI=1S/C22H29N3O2/c1-18(26)23-12-11-19-7-9-20(10-8-19)17-24-13-15-25(16-14-24)21-5-3-4-6-22(21)27-2/h3-10H,11-17H2,1-2H3,(H,23,26). The molecule has 0 atom stereocenters. The van der Waals surface area contributed by atoms with Gasteiger partial charge in [0.25, 0.3) is 0 Å². The molecule has 5 nitrogen and oxygen atoms in total. The number of carbonyl (C=O) groups excluding carboxylic acids is 1. The van der Waals surface area contributed by atoms with Crippen LogP contribution in [0.15, 0.2) is 48.5 Å². The third-order valence-corrected chi connectivity index (χ3v) is 5.01. The van der Waals surface area contributed by atoms with E-state index in [9.17, 15) is 4.79 Å². The summed E-state index contributed by atoms with van der Waals surface area (Å²) in [5.41, 5.74) is 3.78. The van der Waals surface area contributed by atoms with Crippen molar-refractivity contribution in [3.63, 3.8) is 0 Å². The lowest BCUT2D eigenvalue weighted by Gasteiger charge is -2.36. The number of nitrogens with zero attached hydrogens (tertiary/aromatic N) is 2. The Hall–Kier alpha value is -2.53. The van der Waals surface area contributed by atoms with Gasteiger partial charge >= 0.3 is 0 Å². The molecule has 1 aliphatic rings. The van der Waals surface area contributed by atoms with Crippen LogP contribution in [-0.4, -0.2) is 50.6 Å². The van der Waals surface area contributed by atoms with Crippen molar-refractivity contribution in [2.45, 2.75) is 19.9 Å². The van der Waals surface area contributed by atoms with Crippen LogP contribution in [0.1, 0.15) is 18.1 Å². The van der Waals surface area contributed by atoms with Crippen molar-refractivity contribution in [1.82, 2.24) is 10.2 Å². The Morgan fingerprint density at radius 3 is 2.33 bits per heavy atom. The molecule has 3 rings (SSSR count). The van der Waals surface area contributed by atoms with Crippen LogP contribution < -0.4 is 15.0 Å². The summed E-state index contributed by atoms with van der Waals surface area (Å²) >= 11 is 0. The molecule has 0 aromatic heterocycles. The number of methoxy groups -OCH3 is 1. The first-order valence-corrected chi connectivity index (χ1v) is 9.58. The minimum atomic E-state index is 0.0267. The second kappa shape index (κ2) is 9.42. The Morgan fingerprint density at radius 2 is 1.67 bits per heavy atom. The molecule has 1 fully saturated rings. The molecule has 0 aliphatic carbocycles. The number of carbonyl (C=O) groups is 1. The highest BCUT2D eigenvalue weighted by atomic mass is 16.5. The zero-order valence-electron chi connectivity index (χ0n) is 16.3.